The summed E-state index contributed by atoms with van der Waals surface area (Å²) in [7, 11) is 0. The molecule has 0 amide bonds. The second-order valence-electron chi connectivity index (χ2n) is 2.50. The van der Waals surface area contributed by atoms with Gasteiger partial charge >= 0.3 is 0 Å². The molecule has 5 heteroatoms. The second-order valence-corrected chi connectivity index (χ2v) is 2.50. The van der Waals surface area contributed by atoms with Crippen molar-refractivity contribution in [2.75, 3.05) is 0 Å². The van der Waals surface area contributed by atoms with Gasteiger partial charge in [-0.05, 0) is 6.07 Å². The largest absolute Gasteiger partial charge is 0.508 e. The average Bonchev–Trinajstić information content (AvgIpc) is 2.08. The van der Waals surface area contributed by atoms with Gasteiger partial charge in [-0.3, -0.25) is 4.84 Å². The van der Waals surface area contributed by atoms with Crippen LogP contribution in [0, 0.1) is 0 Å². The van der Waals surface area contributed by atoms with Crippen molar-refractivity contribution in [1.29, 1.82) is 0 Å². The molecule has 0 heterocycles. The topological polar surface area (TPSA) is 55.5 Å². The fourth-order valence-corrected chi connectivity index (χ4v) is 0.928. The molecule has 0 radical (unpaired) electrons. The van der Waals surface area contributed by atoms with Crippen LogP contribution in [0.3, 0.4) is 0 Å². The minimum absolute atomic E-state index is 0.00461. The van der Waals surface area contributed by atoms with Crippen molar-refractivity contribution in [2.24, 2.45) is 5.90 Å². The molecule has 0 fully saturated rings. The number of alkyl halides is 2. The van der Waals surface area contributed by atoms with Gasteiger partial charge in [0, 0.05) is 11.1 Å². The van der Waals surface area contributed by atoms with E-state index < -0.39 is 6.43 Å². The molecule has 0 atom stereocenters. The first-order chi connectivity index (χ1) is 6.15. The molecular formula is C8H9F2NO2. The molecule has 0 spiro atoms. The van der Waals surface area contributed by atoms with Gasteiger partial charge in [-0.2, -0.15) is 0 Å². The molecule has 1 rings (SSSR count). The Morgan fingerprint density at radius 3 is 2.62 bits per heavy atom. The minimum Gasteiger partial charge on any atom is -0.508 e. The van der Waals surface area contributed by atoms with Crippen LogP contribution in [0.1, 0.15) is 17.6 Å². The quantitative estimate of drug-likeness (QED) is 0.712. The van der Waals surface area contributed by atoms with Crippen LogP contribution in [0.4, 0.5) is 8.78 Å². The molecule has 72 valence electrons. The van der Waals surface area contributed by atoms with Gasteiger partial charge in [0.2, 0.25) is 0 Å². The first-order valence-electron chi connectivity index (χ1n) is 3.56. The van der Waals surface area contributed by atoms with Gasteiger partial charge in [-0.1, -0.05) is 12.1 Å². The molecule has 0 aromatic heterocycles. The molecular weight excluding hydrogens is 180 g/mol. The lowest BCUT2D eigenvalue weighted by Gasteiger charge is -2.05. The number of hydrogen-bond donors (Lipinski definition) is 2. The molecule has 0 saturated heterocycles. The number of nitrogens with two attached hydrogens (primary N) is 1. The fourth-order valence-electron chi connectivity index (χ4n) is 0.928. The third-order valence-electron chi connectivity index (χ3n) is 1.60. The summed E-state index contributed by atoms with van der Waals surface area (Å²) in [6.07, 6.45) is -2.58. The molecule has 3 nitrogen and oxygen atoms in total. The predicted molar refractivity (Wildman–Crippen MR) is 42.0 cm³/mol. The van der Waals surface area contributed by atoms with E-state index >= 15 is 0 Å². The Kier molecular flexibility index (Phi) is 3.16. The Labute approximate surface area is 73.7 Å². The van der Waals surface area contributed by atoms with E-state index in [0.717, 1.165) is 6.07 Å². The molecule has 13 heavy (non-hydrogen) atoms. The number of hydrogen-bond acceptors (Lipinski definition) is 3. The molecule has 0 aliphatic heterocycles. The summed E-state index contributed by atoms with van der Waals surface area (Å²) in [4.78, 5) is 4.26. The van der Waals surface area contributed by atoms with Crippen LogP contribution in [-0.4, -0.2) is 5.11 Å². The Bertz CT molecular complexity index is 291. The number of phenolic OH excluding ortho intramolecular Hbond substituents is 1. The van der Waals surface area contributed by atoms with Gasteiger partial charge in [-0.15, -0.1) is 0 Å². The second kappa shape index (κ2) is 4.15. The fraction of sp³-hybridized carbons (Fsp3) is 0.250. The van der Waals surface area contributed by atoms with E-state index in [1.165, 1.54) is 12.1 Å². The van der Waals surface area contributed by atoms with Crippen LogP contribution in [0.15, 0.2) is 18.2 Å². The lowest BCUT2D eigenvalue weighted by molar-refractivity contribution is 0.121. The Morgan fingerprint density at radius 1 is 1.46 bits per heavy atom. The van der Waals surface area contributed by atoms with Crippen LogP contribution < -0.4 is 5.90 Å². The monoisotopic (exact) mass is 189 g/mol. The van der Waals surface area contributed by atoms with Crippen molar-refractivity contribution in [1.82, 2.24) is 0 Å². The summed E-state index contributed by atoms with van der Waals surface area (Å²) in [5.74, 6) is 4.53. The first-order valence-corrected chi connectivity index (χ1v) is 3.56. The molecule has 0 aliphatic rings. The van der Waals surface area contributed by atoms with E-state index in [2.05, 4.69) is 4.84 Å². The number of rotatable bonds is 3. The maximum absolute atomic E-state index is 12.1. The lowest BCUT2D eigenvalue weighted by atomic mass is 10.1. The average molecular weight is 189 g/mol. The number of benzene rings is 1. The Balaban J connectivity index is 2.92. The van der Waals surface area contributed by atoms with Crippen molar-refractivity contribution in [3.05, 3.63) is 29.3 Å². The normalized spacial score (nSPS) is 10.8. The molecule has 0 unspecified atom stereocenters. The van der Waals surface area contributed by atoms with Gasteiger partial charge < -0.3 is 5.11 Å². The van der Waals surface area contributed by atoms with Gasteiger partial charge in [0.1, 0.15) is 5.75 Å². The minimum atomic E-state index is -2.58. The smallest absolute Gasteiger partial charge is 0.263 e. The van der Waals surface area contributed by atoms with Crippen LogP contribution in [0.25, 0.3) is 0 Å². The summed E-state index contributed by atoms with van der Waals surface area (Å²) in [6, 6.07) is 3.57. The highest BCUT2D eigenvalue weighted by Gasteiger charge is 2.09. The van der Waals surface area contributed by atoms with Crippen molar-refractivity contribution < 1.29 is 18.7 Å². The van der Waals surface area contributed by atoms with Crippen molar-refractivity contribution >= 4 is 0 Å². The SMILES string of the molecule is NOCc1ccc(C(F)F)cc1O. The molecule has 1 aromatic rings. The highest BCUT2D eigenvalue weighted by atomic mass is 19.3. The highest BCUT2D eigenvalue weighted by molar-refractivity contribution is 5.36. The van der Waals surface area contributed by atoms with Crippen LogP contribution in [0.5, 0.6) is 5.75 Å². The molecule has 0 aliphatic carbocycles. The van der Waals surface area contributed by atoms with Crippen molar-refractivity contribution in [3.8, 4) is 5.75 Å². The Hall–Kier alpha value is -1.20. The third kappa shape index (κ3) is 2.37. The molecule has 0 bridgehead atoms. The highest BCUT2D eigenvalue weighted by Crippen LogP contribution is 2.25. The maximum Gasteiger partial charge on any atom is 0.263 e. The Morgan fingerprint density at radius 2 is 2.15 bits per heavy atom. The van der Waals surface area contributed by atoms with E-state index in [1.54, 1.807) is 0 Å². The zero-order valence-electron chi connectivity index (χ0n) is 6.71. The van der Waals surface area contributed by atoms with Gasteiger partial charge in [0.15, 0.2) is 0 Å². The van der Waals surface area contributed by atoms with E-state index in [9.17, 15) is 13.9 Å². The zero-order valence-corrected chi connectivity index (χ0v) is 6.71. The number of aromatic hydroxyl groups is 1. The summed E-state index contributed by atoms with van der Waals surface area (Å²) >= 11 is 0. The molecule has 3 N–H and O–H groups in total. The van der Waals surface area contributed by atoms with E-state index in [4.69, 9.17) is 5.90 Å². The standard InChI is InChI=1S/C8H9F2NO2/c9-8(10)5-1-2-6(4-13-11)7(12)3-5/h1-3,8,12H,4,11H2. The first kappa shape index (κ1) is 9.88. The van der Waals surface area contributed by atoms with E-state index in [1.807, 2.05) is 0 Å². The molecule has 1 aromatic carbocycles. The van der Waals surface area contributed by atoms with Crippen LogP contribution >= 0.6 is 0 Å². The van der Waals surface area contributed by atoms with Gasteiger partial charge in [-0.25, -0.2) is 14.7 Å². The van der Waals surface area contributed by atoms with Crippen molar-refractivity contribution in [3.63, 3.8) is 0 Å². The van der Waals surface area contributed by atoms with Gasteiger partial charge in [0.25, 0.3) is 6.43 Å². The zero-order chi connectivity index (χ0) is 9.84. The maximum atomic E-state index is 12.1. The molecule has 0 saturated carbocycles. The summed E-state index contributed by atoms with van der Waals surface area (Å²) < 4.78 is 24.2. The van der Waals surface area contributed by atoms with Gasteiger partial charge in [0.05, 0.1) is 6.61 Å². The third-order valence-corrected chi connectivity index (χ3v) is 1.60. The number of halogens is 2. The van der Waals surface area contributed by atoms with E-state index in [0.29, 0.717) is 5.56 Å². The summed E-state index contributed by atoms with van der Waals surface area (Å²) in [5, 5.41) is 9.20. The van der Waals surface area contributed by atoms with E-state index in [-0.39, 0.29) is 17.9 Å². The predicted octanol–water partition coefficient (Wildman–Crippen LogP) is 1.72. The number of phenols is 1. The lowest BCUT2D eigenvalue weighted by Crippen LogP contribution is -1.99. The van der Waals surface area contributed by atoms with Crippen LogP contribution in [0.2, 0.25) is 0 Å². The van der Waals surface area contributed by atoms with Crippen LogP contribution in [-0.2, 0) is 11.4 Å². The van der Waals surface area contributed by atoms with Crippen molar-refractivity contribution in [2.45, 2.75) is 13.0 Å². The summed E-state index contributed by atoms with van der Waals surface area (Å²) in [5.41, 5.74) is 0.158. The summed E-state index contributed by atoms with van der Waals surface area (Å²) in [6.45, 7) is -0.00461.